The van der Waals surface area contributed by atoms with Gasteiger partial charge in [-0.05, 0) is 0 Å². The molecule has 3 rings (SSSR count). The van der Waals surface area contributed by atoms with Crippen molar-refractivity contribution in [2.24, 2.45) is 4.99 Å². The molecule has 0 aliphatic carbocycles. The van der Waals surface area contributed by atoms with Crippen LogP contribution in [0.4, 0.5) is 0 Å². The lowest BCUT2D eigenvalue weighted by Gasteiger charge is -2.36. The summed E-state index contributed by atoms with van der Waals surface area (Å²) in [5, 5.41) is 7.42. The molecule has 0 spiro atoms. The summed E-state index contributed by atoms with van der Waals surface area (Å²) < 4.78 is 21.3. The van der Waals surface area contributed by atoms with Crippen LogP contribution in [0, 0.1) is 0 Å². The molecule has 2 heterocycles. The first-order chi connectivity index (χ1) is 14.2. The number of nitrogens with zero attached hydrogens (tertiary/aromatic N) is 4. The predicted molar refractivity (Wildman–Crippen MR) is 110 cm³/mol. The van der Waals surface area contributed by atoms with Crippen LogP contribution >= 0.6 is 0 Å². The third-order valence-electron chi connectivity index (χ3n) is 5.00. The van der Waals surface area contributed by atoms with E-state index in [2.05, 4.69) is 25.3 Å². The van der Waals surface area contributed by atoms with Gasteiger partial charge in [-0.3, -0.25) is 9.89 Å². The molecule has 1 aliphatic rings. The zero-order valence-electron chi connectivity index (χ0n) is 17.5. The smallest absolute Gasteiger partial charge is 0.194 e. The SMILES string of the molecule is CN=C(NCc1c(OC)cc(OC)cc1OC)N1CCN(Cc2ccon2)CC1. The summed E-state index contributed by atoms with van der Waals surface area (Å²) in [6, 6.07) is 5.61. The van der Waals surface area contributed by atoms with Gasteiger partial charge in [-0.1, -0.05) is 5.16 Å². The molecule has 1 saturated heterocycles. The van der Waals surface area contributed by atoms with Gasteiger partial charge in [-0.25, -0.2) is 0 Å². The number of rotatable bonds is 7. The van der Waals surface area contributed by atoms with Gasteiger partial charge in [0.05, 0.1) is 39.1 Å². The average Bonchev–Trinajstić information content (AvgIpc) is 3.27. The Balaban J connectivity index is 1.60. The average molecular weight is 403 g/mol. The summed E-state index contributed by atoms with van der Waals surface area (Å²) in [7, 11) is 6.70. The van der Waals surface area contributed by atoms with Gasteiger partial charge >= 0.3 is 0 Å². The van der Waals surface area contributed by atoms with E-state index in [1.165, 1.54) is 0 Å². The molecule has 2 aromatic rings. The number of methoxy groups -OCH3 is 3. The Morgan fingerprint density at radius 3 is 2.31 bits per heavy atom. The Morgan fingerprint density at radius 2 is 1.79 bits per heavy atom. The van der Waals surface area contributed by atoms with Gasteiger partial charge in [0, 0.05) is 58.0 Å². The number of aromatic nitrogens is 1. The maximum atomic E-state index is 5.53. The van der Waals surface area contributed by atoms with Crippen molar-refractivity contribution >= 4 is 5.96 Å². The topological polar surface area (TPSA) is 84.6 Å². The largest absolute Gasteiger partial charge is 0.496 e. The number of hydrogen-bond acceptors (Lipinski definition) is 7. The van der Waals surface area contributed by atoms with Crippen LogP contribution in [0.5, 0.6) is 17.2 Å². The molecule has 0 atom stereocenters. The van der Waals surface area contributed by atoms with Gasteiger partial charge in [0.2, 0.25) is 0 Å². The molecule has 158 valence electrons. The Kier molecular flexibility index (Phi) is 7.18. The maximum absolute atomic E-state index is 5.53. The van der Waals surface area contributed by atoms with Crippen LogP contribution < -0.4 is 19.5 Å². The van der Waals surface area contributed by atoms with Crippen molar-refractivity contribution in [3.8, 4) is 17.2 Å². The van der Waals surface area contributed by atoms with Crippen molar-refractivity contribution in [1.29, 1.82) is 0 Å². The van der Waals surface area contributed by atoms with Gasteiger partial charge < -0.3 is 29.0 Å². The Hall–Kier alpha value is -2.94. The highest BCUT2D eigenvalue weighted by Crippen LogP contribution is 2.33. The van der Waals surface area contributed by atoms with E-state index >= 15 is 0 Å². The van der Waals surface area contributed by atoms with Gasteiger partial charge in [0.1, 0.15) is 23.5 Å². The number of hydrogen-bond donors (Lipinski definition) is 1. The van der Waals surface area contributed by atoms with E-state index in [0.717, 1.165) is 49.9 Å². The molecule has 0 bridgehead atoms. The van der Waals surface area contributed by atoms with E-state index in [9.17, 15) is 0 Å². The van der Waals surface area contributed by atoms with Crippen LogP contribution in [-0.4, -0.2) is 75.5 Å². The molecular weight excluding hydrogens is 374 g/mol. The van der Waals surface area contributed by atoms with Crippen molar-refractivity contribution in [2.75, 3.05) is 54.6 Å². The van der Waals surface area contributed by atoms with Gasteiger partial charge in [0.25, 0.3) is 0 Å². The molecular formula is C20H29N5O4. The Labute approximate surface area is 171 Å². The lowest BCUT2D eigenvalue weighted by atomic mass is 10.1. The first kappa shape index (κ1) is 20.8. The lowest BCUT2D eigenvalue weighted by Crippen LogP contribution is -2.52. The van der Waals surface area contributed by atoms with Gasteiger partial charge in [-0.2, -0.15) is 0 Å². The minimum Gasteiger partial charge on any atom is -0.496 e. The van der Waals surface area contributed by atoms with Crippen molar-refractivity contribution in [3.63, 3.8) is 0 Å². The second-order valence-corrected chi connectivity index (χ2v) is 6.67. The fourth-order valence-corrected chi connectivity index (χ4v) is 3.42. The van der Waals surface area contributed by atoms with Crippen LogP contribution in [-0.2, 0) is 13.1 Å². The minimum atomic E-state index is 0.530. The van der Waals surface area contributed by atoms with Crippen LogP contribution in [0.1, 0.15) is 11.3 Å². The summed E-state index contributed by atoms with van der Waals surface area (Å²) in [6.07, 6.45) is 1.61. The van der Waals surface area contributed by atoms with Crippen molar-refractivity contribution in [2.45, 2.75) is 13.1 Å². The first-order valence-corrected chi connectivity index (χ1v) is 9.54. The fourth-order valence-electron chi connectivity index (χ4n) is 3.42. The van der Waals surface area contributed by atoms with Gasteiger partial charge in [-0.15, -0.1) is 0 Å². The van der Waals surface area contributed by atoms with Crippen LogP contribution in [0.3, 0.4) is 0 Å². The number of guanidine groups is 1. The zero-order chi connectivity index (χ0) is 20.6. The normalized spacial score (nSPS) is 15.3. The number of ether oxygens (including phenoxy) is 3. The Morgan fingerprint density at radius 1 is 1.10 bits per heavy atom. The summed E-state index contributed by atoms with van der Waals surface area (Å²) in [5.74, 6) is 2.96. The number of nitrogens with one attached hydrogen (secondary N) is 1. The highest BCUT2D eigenvalue weighted by atomic mass is 16.5. The number of aliphatic imine (C=N–C) groups is 1. The molecule has 9 nitrogen and oxygen atoms in total. The molecule has 1 N–H and O–H groups in total. The van der Waals surface area contributed by atoms with Crippen molar-refractivity contribution in [3.05, 3.63) is 35.7 Å². The Bertz CT molecular complexity index is 776. The summed E-state index contributed by atoms with van der Waals surface area (Å²) in [4.78, 5) is 9.06. The number of benzene rings is 1. The van der Waals surface area contributed by atoms with Crippen LogP contribution in [0.2, 0.25) is 0 Å². The molecule has 0 saturated carbocycles. The third kappa shape index (κ3) is 5.11. The van der Waals surface area contributed by atoms with Crippen molar-refractivity contribution in [1.82, 2.24) is 20.3 Å². The van der Waals surface area contributed by atoms with E-state index in [4.69, 9.17) is 18.7 Å². The fraction of sp³-hybridized carbons (Fsp3) is 0.500. The minimum absolute atomic E-state index is 0.530. The summed E-state index contributed by atoms with van der Waals surface area (Å²) in [5.41, 5.74) is 1.88. The van der Waals surface area contributed by atoms with E-state index in [1.54, 1.807) is 34.6 Å². The third-order valence-corrected chi connectivity index (χ3v) is 5.00. The maximum Gasteiger partial charge on any atom is 0.194 e. The lowest BCUT2D eigenvalue weighted by molar-refractivity contribution is 0.169. The molecule has 0 unspecified atom stereocenters. The predicted octanol–water partition coefficient (Wildman–Crippen LogP) is 1.59. The zero-order valence-corrected chi connectivity index (χ0v) is 17.5. The van der Waals surface area contributed by atoms with Crippen molar-refractivity contribution < 1.29 is 18.7 Å². The standard InChI is InChI=1S/C20H29N5O4/c1-21-20(25-8-6-24(7-9-25)14-15-5-10-29-23-15)22-13-17-18(27-3)11-16(26-2)12-19(17)28-4/h5,10-12H,6-9,13-14H2,1-4H3,(H,21,22). The molecule has 1 aliphatic heterocycles. The second-order valence-electron chi connectivity index (χ2n) is 6.67. The van der Waals surface area contributed by atoms with E-state index in [-0.39, 0.29) is 0 Å². The van der Waals surface area contributed by atoms with Gasteiger partial charge in [0.15, 0.2) is 5.96 Å². The molecule has 1 aromatic carbocycles. The highest BCUT2D eigenvalue weighted by molar-refractivity contribution is 5.80. The second kappa shape index (κ2) is 10.0. The molecule has 0 amide bonds. The monoisotopic (exact) mass is 403 g/mol. The summed E-state index contributed by atoms with van der Waals surface area (Å²) in [6.45, 7) is 4.97. The summed E-state index contributed by atoms with van der Waals surface area (Å²) >= 11 is 0. The molecule has 29 heavy (non-hydrogen) atoms. The van der Waals surface area contributed by atoms with Crippen LogP contribution in [0.25, 0.3) is 0 Å². The molecule has 1 fully saturated rings. The first-order valence-electron chi connectivity index (χ1n) is 9.54. The highest BCUT2D eigenvalue weighted by Gasteiger charge is 2.21. The van der Waals surface area contributed by atoms with Crippen LogP contribution in [0.15, 0.2) is 34.0 Å². The number of piperazine rings is 1. The van der Waals surface area contributed by atoms with E-state index in [1.807, 2.05) is 18.2 Å². The van der Waals surface area contributed by atoms with E-state index in [0.29, 0.717) is 23.8 Å². The molecule has 0 radical (unpaired) electrons. The molecule has 9 heteroatoms. The molecule has 1 aromatic heterocycles. The van der Waals surface area contributed by atoms with E-state index < -0.39 is 0 Å². The quantitative estimate of drug-likeness (QED) is 0.551.